The monoisotopic (exact) mass is 388 g/mol. The van der Waals surface area contributed by atoms with Crippen molar-refractivity contribution in [3.05, 3.63) is 112 Å². The number of carbonyl (C=O) groups excluding carboxylic acids is 1. The Hall–Kier alpha value is -3.37. The van der Waals surface area contributed by atoms with Gasteiger partial charge >= 0.3 is 0 Å². The highest BCUT2D eigenvalue weighted by atomic mass is 35.5. The first-order valence-electron chi connectivity index (χ1n) is 8.85. The molecule has 4 nitrogen and oxygen atoms in total. The van der Waals surface area contributed by atoms with Crippen molar-refractivity contribution in [2.75, 3.05) is 5.32 Å². The number of amides is 1. The lowest BCUT2D eigenvalue weighted by Gasteiger charge is -2.11. The Balaban J connectivity index is 1.63. The molecule has 1 aromatic heterocycles. The molecule has 0 fully saturated rings. The number of fused-ring (bicyclic) bond motifs is 1. The van der Waals surface area contributed by atoms with Crippen LogP contribution < -0.4 is 10.9 Å². The summed E-state index contributed by atoms with van der Waals surface area (Å²) in [6.07, 6.45) is 1.67. The van der Waals surface area contributed by atoms with Gasteiger partial charge in [0.2, 0.25) is 0 Å². The van der Waals surface area contributed by atoms with Crippen molar-refractivity contribution < 1.29 is 4.79 Å². The van der Waals surface area contributed by atoms with Crippen LogP contribution >= 0.6 is 11.6 Å². The van der Waals surface area contributed by atoms with Crippen LogP contribution in [0.2, 0.25) is 5.02 Å². The van der Waals surface area contributed by atoms with Gasteiger partial charge in [0.25, 0.3) is 11.5 Å². The Morgan fingerprint density at radius 1 is 0.893 bits per heavy atom. The normalized spacial score (nSPS) is 10.8. The maximum atomic E-state index is 12.8. The number of anilines is 1. The van der Waals surface area contributed by atoms with Crippen LogP contribution in [0.1, 0.15) is 15.9 Å². The van der Waals surface area contributed by atoms with E-state index in [0.717, 1.165) is 16.3 Å². The van der Waals surface area contributed by atoms with Gasteiger partial charge < -0.3 is 9.88 Å². The number of hydrogen-bond acceptors (Lipinski definition) is 2. The van der Waals surface area contributed by atoms with Gasteiger partial charge in [0.1, 0.15) is 5.56 Å². The summed E-state index contributed by atoms with van der Waals surface area (Å²) in [5, 5.41) is 5.46. The first kappa shape index (κ1) is 18.0. The Morgan fingerprint density at radius 2 is 1.64 bits per heavy atom. The zero-order chi connectivity index (χ0) is 19.5. The highest BCUT2D eigenvalue weighted by molar-refractivity contribution is 6.30. The third-order valence-corrected chi connectivity index (χ3v) is 4.82. The highest BCUT2D eigenvalue weighted by Crippen LogP contribution is 2.23. The third kappa shape index (κ3) is 3.68. The van der Waals surface area contributed by atoms with E-state index in [1.807, 2.05) is 54.6 Å². The Bertz CT molecular complexity index is 1210. The average Bonchev–Trinajstić information content (AvgIpc) is 2.71. The zero-order valence-corrected chi connectivity index (χ0v) is 15.7. The molecule has 4 aromatic rings. The van der Waals surface area contributed by atoms with Gasteiger partial charge in [-0.05, 0) is 41.3 Å². The maximum Gasteiger partial charge on any atom is 0.263 e. The largest absolute Gasteiger partial charge is 0.321 e. The summed E-state index contributed by atoms with van der Waals surface area (Å²) in [7, 11) is 0. The summed E-state index contributed by atoms with van der Waals surface area (Å²) < 4.78 is 1.52. The van der Waals surface area contributed by atoms with Crippen LogP contribution in [-0.2, 0) is 6.54 Å². The molecular weight excluding hydrogens is 372 g/mol. The quantitative estimate of drug-likeness (QED) is 0.537. The molecule has 1 amide bonds. The lowest BCUT2D eigenvalue weighted by Crippen LogP contribution is -2.29. The summed E-state index contributed by atoms with van der Waals surface area (Å²) in [5.74, 6) is -0.424. The fourth-order valence-corrected chi connectivity index (χ4v) is 3.27. The molecule has 4 rings (SSSR count). The van der Waals surface area contributed by atoms with Crippen molar-refractivity contribution in [1.29, 1.82) is 0 Å². The van der Waals surface area contributed by atoms with Crippen LogP contribution in [0.5, 0.6) is 0 Å². The van der Waals surface area contributed by atoms with Gasteiger partial charge in [-0.1, -0.05) is 60.1 Å². The molecule has 5 heteroatoms. The van der Waals surface area contributed by atoms with Crippen LogP contribution in [0.25, 0.3) is 10.8 Å². The van der Waals surface area contributed by atoms with E-state index in [-0.39, 0.29) is 11.1 Å². The van der Waals surface area contributed by atoms with Crippen LogP contribution in [0.4, 0.5) is 5.69 Å². The number of benzene rings is 3. The van der Waals surface area contributed by atoms with Crippen LogP contribution in [-0.4, -0.2) is 10.5 Å². The average molecular weight is 389 g/mol. The molecule has 1 N–H and O–H groups in total. The minimum atomic E-state index is -0.424. The molecule has 3 aromatic carbocycles. The molecule has 0 atom stereocenters. The number of halogens is 1. The van der Waals surface area contributed by atoms with Crippen LogP contribution in [0.3, 0.4) is 0 Å². The molecule has 0 aliphatic carbocycles. The van der Waals surface area contributed by atoms with Crippen LogP contribution in [0, 0.1) is 0 Å². The lowest BCUT2D eigenvalue weighted by atomic mass is 10.1. The second kappa shape index (κ2) is 7.71. The van der Waals surface area contributed by atoms with Crippen molar-refractivity contribution in [1.82, 2.24) is 4.57 Å². The smallest absolute Gasteiger partial charge is 0.263 e. The molecule has 0 saturated heterocycles. The predicted octanol–water partition coefficient (Wildman–Crippen LogP) is 4.96. The molecule has 0 unspecified atom stereocenters. The van der Waals surface area contributed by atoms with Crippen molar-refractivity contribution in [2.24, 2.45) is 0 Å². The van der Waals surface area contributed by atoms with E-state index in [4.69, 9.17) is 11.6 Å². The highest BCUT2D eigenvalue weighted by Gasteiger charge is 2.14. The van der Waals surface area contributed by atoms with Crippen molar-refractivity contribution in [3.63, 3.8) is 0 Å². The SMILES string of the molecule is O=C(Nc1cccc2ccccc12)c1cccn(Cc2ccc(Cl)cc2)c1=O. The van der Waals surface area contributed by atoms with Crippen LogP contribution in [0.15, 0.2) is 89.9 Å². The van der Waals surface area contributed by atoms with Gasteiger partial charge in [-0.3, -0.25) is 9.59 Å². The molecule has 0 bridgehead atoms. The van der Waals surface area contributed by atoms with Gasteiger partial charge in [-0.15, -0.1) is 0 Å². The molecule has 138 valence electrons. The second-order valence-electron chi connectivity index (χ2n) is 6.46. The standard InChI is InChI=1S/C23H17ClN2O2/c24-18-12-10-16(11-13-18)15-26-14-4-8-20(23(26)28)22(27)25-21-9-3-6-17-5-1-2-7-19(17)21/h1-14H,15H2,(H,25,27). The molecule has 0 aliphatic rings. The number of hydrogen-bond donors (Lipinski definition) is 1. The number of aromatic nitrogens is 1. The summed E-state index contributed by atoms with van der Waals surface area (Å²) in [5.41, 5.74) is 1.37. The number of rotatable bonds is 4. The minimum Gasteiger partial charge on any atom is -0.321 e. The van der Waals surface area contributed by atoms with E-state index in [0.29, 0.717) is 17.3 Å². The van der Waals surface area contributed by atoms with E-state index >= 15 is 0 Å². The first-order valence-corrected chi connectivity index (χ1v) is 9.22. The topological polar surface area (TPSA) is 51.1 Å². The second-order valence-corrected chi connectivity index (χ2v) is 6.90. The predicted molar refractivity (Wildman–Crippen MR) is 113 cm³/mol. The summed E-state index contributed by atoms with van der Waals surface area (Å²) in [6, 6.07) is 24.0. The molecule has 0 aliphatic heterocycles. The van der Waals surface area contributed by atoms with Gasteiger partial charge in [0, 0.05) is 22.3 Å². The van der Waals surface area contributed by atoms with Gasteiger partial charge in [0.15, 0.2) is 0 Å². The Morgan fingerprint density at radius 3 is 2.46 bits per heavy atom. The van der Waals surface area contributed by atoms with E-state index < -0.39 is 5.91 Å². The minimum absolute atomic E-state index is 0.101. The number of pyridine rings is 1. The molecule has 1 heterocycles. The summed E-state index contributed by atoms with van der Waals surface area (Å²) in [6.45, 7) is 0.366. The van der Waals surface area contributed by atoms with Gasteiger partial charge in [-0.25, -0.2) is 0 Å². The van der Waals surface area contributed by atoms with Crippen molar-refractivity contribution >= 4 is 34.0 Å². The van der Waals surface area contributed by atoms with E-state index in [9.17, 15) is 9.59 Å². The van der Waals surface area contributed by atoms with E-state index in [1.165, 1.54) is 4.57 Å². The van der Waals surface area contributed by atoms with Gasteiger partial charge in [-0.2, -0.15) is 0 Å². The summed E-state index contributed by atoms with van der Waals surface area (Å²) in [4.78, 5) is 25.6. The number of nitrogens with one attached hydrogen (secondary N) is 1. The van der Waals surface area contributed by atoms with Gasteiger partial charge in [0.05, 0.1) is 6.54 Å². The summed E-state index contributed by atoms with van der Waals surface area (Å²) >= 11 is 5.91. The number of nitrogens with zero attached hydrogens (tertiary/aromatic N) is 1. The first-order chi connectivity index (χ1) is 13.6. The fraction of sp³-hybridized carbons (Fsp3) is 0.0435. The fourth-order valence-electron chi connectivity index (χ4n) is 3.14. The Kier molecular flexibility index (Phi) is 4.96. The molecule has 0 radical (unpaired) electrons. The third-order valence-electron chi connectivity index (χ3n) is 4.57. The van der Waals surface area contributed by atoms with Crippen molar-refractivity contribution in [2.45, 2.75) is 6.54 Å². The lowest BCUT2D eigenvalue weighted by molar-refractivity contribution is 0.102. The molecule has 0 saturated carbocycles. The van der Waals surface area contributed by atoms with E-state index in [1.54, 1.807) is 30.5 Å². The molecular formula is C23H17ClN2O2. The Labute approximate surface area is 167 Å². The zero-order valence-electron chi connectivity index (χ0n) is 14.9. The number of carbonyl (C=O) groups is 1. The van der Waals surface area contributed by atoms with E-state index in [2.05, 4.69) is 5.32 Å². The van der Waals surface area contributed by atoms with Crippen molar-refractivity contribution in [3.8, 4) is 0 Å². The molecule has 0 spiro atoms. The molecule has 28 heavy (non-hydrogen) atoms. The maximum absolute atomic E-state index is 12.8.